The van der Waals surface area contributed by atoms with Gasteiger partial charge in [0.2, 0.25) is 5.91 Å². The first kappa shape index (κ1) is 22.3. The van der Waals surface area contributed by atoms with Gasteiger partial charge < -0.3 is 16.8 Å². The number of nitrogens with zero attached hydrogens (tertiary/aromatic N) is 2. The second-order valence-electron chi connectivity index (χ2n) is 8.33. The van der Waals surface area contributed by atoms with Crippen molar-refractivity contribution in [3.8, 4) is 0 Å². The molecule has 1 atom stereocenters. The van der Waals surface area contributed by atoms with Crippen LogP contribution < -0.4 is 28.0 Å². The summed E-state index contributed by atoms with van der Waals surface area (Å²) in [5, 5.41) is 2.98. The van der Waals surface area contributed by atoms with Crippen LogP contribution in [0.5, 0.6) is 0 Å². The third-order valence-corrected chi connectivity index (χ3v) is 6.03. The molecule has 4 rings (SSSR count). The molecule has 8 nitrogen and oxygen atoms in total. The Bertz CT molecular complexity index is 1310. The summed E-state index contributed by atoms with van der Waals surface area (Å²) in [5.41, 5.74) is 12.1. The number of benzene rings is 2. The minimum Gasteiger partial charge on any atom is -0.388 e. The normalized spacial score (nSPS) is 14.1. The van der Waals surface area contributed by atoms with Gasteiger partial charge in [-0.3, -0.25) is 18.7 Å². The van der Waals surface area contributed by atoms with Gasteiger partial charge in [0.15, 0.2) is 0 Å². The zero-order valence-electron chi connectivity index (χ0n) is 18.3. The number of carbonyl (C=O) groups excluding carboxylic acids is 1. The summed E-state index contributed by atoms with van der Waals surface area (Å²) < 4.78 is 16.6. The zero-order chi connectivity index (χ0) is 23.7. The number of hydrogen-bond acceptors (Lipinski definition) is 5. The molecule has 5 N–H and O–H groups in total. The predicted octanol–water partition coefficient (Wildman–Crippen LogP) is 1.85. The summed E-state index contributed by atoms with van der Waals surface area (Å²) in [5.74, 6) is -2.29. The Labute approximate surface area is 189 Å². The van der Waals surface area contributed by atoms with E-state index in [2.05, 4.69) is 5.32 Å². The van der Waals surface area contributed by atoms with E-state index in [0.717, 1.165) is 23.1 Å². The fourth-order valence-electron chi connectivity index (χ4n) is 3.99. The number of amides is 1. The third kappa shape index (κ3) is 4.39. The van der Waals surface area contributed by atoms with E-state index in [-0.39, 0.29) is 29.4 Å². The first-order valence-electron chi connectivity index (χ1n) is 10.7. The van der Waals surface area contributed by atoms with Crippen LogP contribution in [-0.2, 0) is 17.9 Å². The topological polar surface area (TPSA) is 125 Å². The molecule has 0 spiro atoms. The van der Waals surface area contributed by atoms with Crippen LogP contribution in [0, 0.1) is 11.7 Å². The fraction of sp³-hybridized carbons (Fsp3) is 0.292. The van der Waals surface area contributed by atoms with Crippen LogP contribution in [0.25, 0.3) is 0 Å². The molecule has 1 amide bonds. The number of hydrogen-bond donors (Lipinski definition) is 3. The van der Waals surface area contributed by atoms with Gasteiger partial charge in [0.25, 0.3) is 5.56 Å². The molecule has 1 unspecified atom stereocenters. The van der Waals surface area contributed by atoms with E-state index in [9.17, 15) is 18.8 Å². The second-order valence-corrected chi connectivity index (χ2v) is 8.33. The molecule has 1 aliphatic carbocycles. The van der Waals surface area contributed by atoms with E-state index < -0.39 is 28.9 Å². The molecule has 0 aliphatic heterocycles. The van der Waals surface area contributed by atoms with Crippen molar-refractivity contribution in [2.24, 2.45) is 11.7 Å². The lowest BCUT2D eigenvalue weighted by atomic mass is 9.91. The molecule has 3 aromatic rings. The molecule has 1 aromatic heterocycles. The van der Waals surface area contributed by atoms with Crippen LogP contribution in [0.3, 0.4) is 0 Å². The van der Waals surface area contributed by atoms with E-state index in [1.165, 1.54) is 22.8 Å². The molecule has 9 heteroatoms. The maximum absolute atomic E-state index is 14.3. The summed E-state index contributed by atoms with van der Waals surface area (Å²) in [6.07, 6.45) is 1.89. The lowest BCUT2D eigenvalue weighted by molar-refractivity contribution is -0.118. The van der Waals surface area contributed by atoms with Gasteiger partial charge in [-0.15, -0.1) is 0 Å². The Hall–Kier alpha value is -3.88. The first-order valence-corrected chi connectivity index (χ1v) is 10.7. The van der Waals surface area contributed by atoms with Crippen LogP contribution in [0.2, 0.25) is 0 Å². The minimum absolute atomic E-state index is 0.0729. The average Bonchev–Trinajstić information content (AvgIpc) is 3.62. The van der Waals surface area contributed by atoms with Crippen molar-refractivity contribution in [2.75, 3.05) is 18.1 Å². The molecule has 0 radical (unpaired) electrons. The molecule has 1 heterocycles. The fourth-order valence-corrected chi connectivity index (χ4v) is 3.99. The molecule has 1 aliphatic rings. The summed E-state index contributed by atoms with van der Waals surface area (Å²) >= 11 is 0. The monoisotopic (exact) mass is 451 g/mol. The minimum atomic E-state index is -1.17. The molecular formula is C24H26FN5O3. The number of aromatic nitrogens is 2. The van der Waals surface area contributed by atoms with Crippen molar-refractivity contribution < 1.29 is 9.18 Å². The molecule has 1 saturated carbocycles. The molecule has 2 aromatic carbocycles. The van der Waals surface area contributed by atoms with Gasteiger partial charge in [-0.25, -0.2) is 9.18 Å². The Morgan fingerprint density at radius 3 is 2.36 bits per heavy atom. The van der Waals surface area contributed by atoms with Gasteiger partial charge in [0.1, 0.15) is 11.6 Å². The average molecular weight is 452 g/mol. The standard InChI is InChI=1S/C24H26FN5O3/c1-28-17-10-8-15(9-11-17)19(22(27)31)20-21(26)29(12-14-6-7-14)24(33)30(23(20)32)13-16-4-2-3-5-18(16)25/h2-5,8-11,14,19,28H,6-7,12-13,26H2,1H3,(H2,27,31). The molecule has 172 valence electrons. The van der Waals surface area contributed by atoms with Gasteiger partial charge in [0.05, 0.1) is 18.0 Å². The number of primary amides is 1. The number of anilines is 2. The van der Waals surface area contributed by atoms with E-state index >= 15 is 0 Å². The van der Waals surface area contributed by atoms with Crippen LogP contribution >= 0.6 is 0 Å². The van der Waals surface area contributed by atoms with Crippen molar-refractivity contribution in [3.63, 3.8) is 0 Å². The number of nitrogen functional groups attached to an aromatic ring is 1. The van der Waals surface area contributed by atoms with E-state index in [4.69, 9.17) is 11.5 Å². The summed E-state index contributed by atoms with van der Waals surface area (Å²) in [7, 11) is 1.76. The van der Waals surface area contributed by atoms with Crippen LogP contribution in [0.4, 0.5) is 15.9 Å². The SMILES string of the molecule is CNc1ccc(C(C(N)=O)c2c(N)n(CC3CC3)c(=O)n(Cc3ccccc3F)c2=O)cc1. The van der Waals surface area contributed by atoms with Crippen LogP contribution in [0.15, 0.2) is 58.1 Å². The van der Waals surface area contributed by atoms with Crippen molar-refractivity contribution in [1.82, 2.24) is 9.13 Å². The molecule has 1 fully saturated rings. The smallest absolute Gasteiger partial charge is 0.332 e. The Morgan fingerprint density at radius 1 is 1.12 bits per heavy atom. The van der Waals surface area contributed by atoms with Gasteiger partial charge in [-0.05, 0) is 42.5 Å². The van der Waals surface area contributed by atoms with Gasteiger partial charge >= 0.3 is 5.69 Å². The first-order chi connectivity index (χ1) is 15.8. The van der Waals surface area contributed by atoms with E-state index in [0.29, 0.717) is 12.1 Å². The third-order valence-electron chi connectivity index (χ3n) is 6.03. The summed E-state index contributed by atoms with van der Waals surface area (Å²) in [6.45, 7) is 0.0336. The van der Waals surface area contributed by atoms with Crippen molar-refractivity contribution in [2.45, 2.75) is 31.8 Å². The highest BCUT2D eigenvalue weighted by atomic mass is 19.1. The highest BCUT2D eigenvalue weighted by Crippen LogP contribution is 2.32. The molecular weight excluding hydrogens is 425 g/mol. The number of carbonyl (C=O) groups is 1. The van der Waals surface area contributed by atoms with Crippen LogP contribution in [0.1, 0.15) is 35.4 Å². The predicted molar refractivity (Wildman–Crippen MR) is 125 cm³/mol. The molecule has 33 heavy (non-hydrogen) atoms. The number of nitrogens with two attached hydrogens (primary N) is 2. The van der Waals surface area contributed by atoms with Crippen molar-refractivity contribution in [3.05, 3.63) is 91.9 Å². The maximum atomic E-state index is 14.3. The van der Waals surface area contributed by atoms with Gasteiger partial charge in [-0.1, -0.05) is 30.3 Å². The Kier molecular flexibility index (Phi) is 6.04. The largest absolute Gasteiger partial charge is 0.388 e. The second kappa shape index (κ2) is 8.93. The molecule has 0 bridgehead atoms. The lowest BCUT2D eigenvalue weighted by Gasteiger charge is -2.21. The maximum Gasteiger partial charge on any atom is 0.332 e. The highest BCUT2D eigenvalue weighted by Gasteiger charge is 2.32. The van der Waals surface area contributed by atoms with Gasteiger partial charge in [0, 0.05) is 24.8 Å². The summed E-state index contributed by atoms with van der Waals surface area (Å²) in [4.78, 5) is 39.4. The quantitative estimate of drug-likeness (QED) is 0.482. The number of nitrogens with one attached hydrogen (secondary N) is 1. The molecule has 0 saturated heterocycles. The summed E-state index contributed by atoms with van der Waals surface area (Å²) in [6, 6.07) is 12.8. The Balaban J connectivity index is 1.93. The van der Waals surface area contributed by atoms with E-state index in [1.54, 1.807) is 37.4 Å². The van der Waals surface area contributed by atoms with E-state index in [1.807, 2.05) is 0 Å². The highest BCUT2D eigenvalue weighted by molar-refractivity contribution is 5.87. The van der Waals surface area contributed by atoms with Gasteiger partial charge in [-0.2, -0.15) is 0 Å². The van der Waals surface area contributed by atoms with Crippen molar-refractivity contribution >= 4 is 17.4 Å². The van der Waals surface area contributed by atoms with Crippen molar-refractivity contribution in [1.29, 1.82) is 0 Å². The zero-order valence-corrected chi connectivity index (χ0v) is 18.3. The number of rotatable bonds is 8. The number of halogens is 1. The Morgan fingerprint density at radius 2 is 1.79 bits per heavy atom. The van der Waals surface area contributed by atoms with Crippen LogP contribution in [-0.4, -0.2) is 22.1 Å². The lowest BCUT2D eigenvalue weighted by Crippen LogP contribution is -2.45.